The Kier molecular flexibility index (Phi) is 5.35. The van der Waals surface area contributed by atoms with Crippen LogP contribution in [0.3, 0.4) is 0 Å². The molecule has 0 bridgehead atoms. The molecule has 0 aromatic heterocycles. The second-order valence-electron chi connectivity index (χ2n) is 4.69. The molecule has 0 radical (unpaired) electrons. The number of sulfonamides is 1. The Labute approximate surface area is 126 Å². The summed E-state index contributed by atoms with van der Waals surface area (Å²) in [5.74, 6) is 0. The molecule has 0 saturated heterocycles. The third-order valence-electron chi connectivity index (χ3n) is 2.64. The van der Waals surface area contributed by atoms with Gasteiger partial charge in [0.2, 0.25) is 10.0 Å². The lowest BCUT2D eigenvalue weighted by Gasteiger charge is -2.17. The number of rotatable bonds is 5. The average molecular weight is 340 g/mol. The predicted molar refractivity (Wildman–Crippen MR) is 77.5 cm³/mol. The summed E-state index contributed by atoms with van der Waals surface area (Å²) in [4.78, 5) is 0.0111. The molecule has 118 valence electrons. The van der Waals surface area contributed by atoms with Crippen molar-refractivity contribution in [3.05, 3.63) is 29.3 Å². The fourth-order valence-electron chi connectivity index (χ4n) is 1.82. The summed E-state index contributed by atoms with van der Waals surface area (Å²) in [5, 5.41) is 0. The van der Waals surface area contributed by atoms with E-state index in [1.807, 2.05) is 4.72 Å². The first-order valence-corrected chi connectivity index (χ1v) is 7.81. The van der Waals surface area contributed by atoms with Crippen molar-refractivity contribution in [2.24, 2.45) is 5.73 Å². The van der Waals surface area contributed by atoms with Crippen molar-refractivity contribution < 1.29 is 21.6 Å². The van der Waals surface area contributed by atoms with Gasteiger partial charge in [0, 0.05) is 11.6 Å². The Hall–Kier alpha value is -1.19. The van der Waals surface area contributed by atoms with Gasteiger partial charge in [0.1, 0.15) is 4.99 Å². The highest BCUT2D eigenvalue weighted by atomic mass is 32.2. The van der Waals surface area contributed by atoms with Crippen LogP contribution >= 0.6 is 12.2 Å². The molecule has 1 aromatic rings. The Bertz CT molecular complexity index is 642. The van der Waals surface area contributed by atoms with Gasteiger partial charge < -0.3 is 5.73 Å². The summed E-state index contributed by atoms with van der Waals surface area (Å²) in [6.45, 7) is 2.68. The summed E-state index contributed by atoms with van der Waals surface area (Å²) in [6, 6.07) is 2.90. The number of hydrogen-bond donors (Lipinski definition) is 2. The number of alkyl halides is 3. The molecule has 1 unspecified atom stereocenters. The lowest BCUT2D eigenvalue weighted by Crippen LogP contribution is -2.36. The zero-order chi connectivity index (χ0) is 16.4. The van der Waals surface area contributed by atoms with Gasteiger partial charge in [-0.1, -0.05) is 18.3 Å². The maximum absolute atomic E-state index is 12.2. The van der Waals surface area contributed by atoms with Gasteiger partial charge >= 0.3 is 6.18 Å². The maximum Gasteiger partial charge on any atom is 0.390 e. The van der Waals surface area contributed by atoms with Crippen LogP contribution in [0.25, 0.3) is 0 Å². The second-order valence-corrected chi connectivity index (χ2v) is 6.81. The molecule has 0 aliphatic rings. The molecule has 4 nitrogen and oxygen atoms in total. The molecular formula is C12H15F3N2O2S2. The predicted octanol–water partition coefficient (Wildman–Crippen LogP) is 2.25. The van der Waals surface area contributed by atoms with Crippen LogP contribution in [-0.2, 0) is 10.0 Å². The van der Waals surface area contributed by atoms with Gasteiger partial charge in [0.05, 0.1) is 11.3 Å². The van der Waals surface area contributed by atoms with Crippen LogP contribution < -0.4 is 10.5 Å². The molecule has 0 saturated carbocycles. The molecule has 1 rings (SSSR count). The molecule has 0 heterocycles. The molecule has 0 aliphatic heterocycles. The van der Waals surface area contributed by atoms with E-state index in [-0.39, 0.29) is 9.88 Å². The molecule has 0 aliphatic carbocycles. The highest BCUT2D eigenvalue weighted by molar-refractivity contribution is 7.89. The number of aryl methyl sites for hydroxylation is 1. The smallest absolute Gasteiger partial charge is 0.389 e. The first-order valence-electron chi connectivity index (χ1n) is 5.92. The Morgan fingerprint density at radius 3 is 2.43 bits per heavy atom. The minimum absolute atomic E-state index is 0.100. The topological polar surface area (TPSA) is 72.2 Å². The molecule has 1 atom stereocenters. The molecule has 3 N–H and O–H groups in total. The van der Waals surface area contributed by atoms with Gasteiger partial charge in [0.25, 0.3) is 0 Å². The Morgan fingerprint density at radius 2 is 2.00 bits per heavy atom. The Balaban J connectivity index is 3.01. The van der Waals surface area contributed by atoms with E-state index in [1.165, 1.54) is 25.1 Å². The SMILES string of the molecule is Cc1cc(C(N)=S)ccc1S(=O)(=O)NC(C)CC(F)(F)F. The van der Waals surface area contributed by atoms with E-state index in [0.717, 1.165) is 6.92 Å². The zero-order valence-corrected chi connectivity index (χ0v) is 13.0. The molecule has 0 spiro atoms. The van der Waals surface area contributed by atoms with E-state index in [4.69, 9.17) is 18.0 Å². The quantitative estimate of drug-likeness (QED) is 0.807. The number of nitrogens with one attached hydrogen (secondary N) is 1. The number of thiocarbonyl (C=S) groups is 1. The highest BCUT2D eigenvalue weighted by Gasteiger charge is 2.32. The van der Waals surface area contributed by atoms with Crippen LogP contribution in [-0.4, -0.2) is 25.6 Å². The lowest BCUT2D eigenvalue weighted by molar-refractivity contribution is -0.137. The maximum atomic E-state index is 12.2. The van der Waals surface area contributed by atoms with Gasteiger partial charge in [0.15, 0.2) is 0 Å². The highest BCUT2D eigenvalue weighted by Crippen LogP contribution is 2.23. The van der Waals surface area contributed by atoms with Crippen molar-refractivity contribution in [3.8, 4) is 0 Å². The van der Waals surface area contributed by atoms with E-state index in [9.17, 15) is 21.6 Å². The molecule has 9 heteroatoms. The average Bonchev–Trinajstić information content (AvgIpc) is 2.24. The van der Waals surface area contributed by atoms with Crippen LogP contribution in [0, 0.1) is 6.92 Å². The van der Waals surface area contributed by atoms with Gasteiger partial charge in [-0.05, 0) is 31.5 Å². The van der Waals surface area contributed by atoms with Gasteiger partial charge in [-0.15, -0.1) is 0 Å². The summed E-state index contributed by atoms with van der Waals surface area (Å²) in [5.41, 5.74) is 6.28. The van der Waals surface area contributed by atoms with Gasteiger partial charge in [-0.2, -0.15) is 13.2 Å². The van der Waals surface area contributed by atoms with E-state index >= 15 is 0 Å². The first kappa shape index (κ1) is 17.9. The monoisotopic (exact) mass is 340 g/mol. The minimum atomic E-state index is -4.44. The molecule has 0 amide bonds. The normalized spacial score (nSPS) is 14.0. The van der Waals surface area contributed by atoms with Crippen LogP contribution in [0.5, 0.6) is 0 Å². The third-order valence-corrected chi connectivity index (χ3v) is 4.63. The number of nitrogens with two attached hydrogens (primary N) is 1. The fraction of sp³-hybridized carbons (Fsp3) is 0.417. The van der Waals surface area contributed by atoms with Crippen LogP contribution in [0.2, 0.25) is 0 Å². The Morgan fingerprint density at radius 1 is 1.43 bits per heavy atom. The van der Waals surface area contributed by atoms with Crippen molar-refractivity contribution in [3.63, 3.8) is 0 Å². The number of benzene rings is 1. The molecular weight excluding hydrogens is 325 g/mol. The van der Waals surface area contributed by atoms with Crippen molar-refractivity contribution in [1.82, 2.24) is 4.72 Å². The van der Waals surface area contributed by atoms with Crippen molar-refractivity contribution >= 4 is 27.2 Å². The lowest BCUT2D eigenvalue weighted by atomic mass is 10.1. The van der Waals surface area contributed by atoms with E-state index in [2.05, 4.69) is 0 Å². The van der Waals surface area contributed by atoms with Crippen LogP contribution in [0.1, 0.15) is 24.5 Å². The second kappa shape index (κ2) is 6.29. The van der Waals surface area contributed by atoms with Gasteiger partial charge in [-0.25, -0.2) is 13.1 Å². The van der Waals surface area contributed by atoms with Crippen molar-refractivity contribution in [2.75, 3.05) is 0 Å². The largest absolute Gasteiger partial charge is 0.390 e. The van der Waals surface area contributed by atoms with Crippen LogP contribution in [0.15, 0.2) is 23.1 Å². The van der Waals surface area contributed by atoms with Gasteiger partial charge in [-0.3, -0.25) is 0 Å². The molecule has 0 fully saturated rings. The summed E-state index contributed by atoms with van der Waals surface area (Å²) >= 11 is 4.78. The van der Waals surface area contributed by atoms with E-state index in [1.54, 1.807) is 0 Å². The number of hydrogen-bond acceptors (Lipinski definition) is 3. The van der Waals surface area contributed by atoms with E-state index < -0.39 is 28.7 Å². The summed E-state index contributed by atoms with van der Waals surface area (Å²) in [6.07, 6.45) is -5.68. The van der Waals surface area contributed by atoms with Crippen molar-refractivity contribution in [1.29, 1.82) is 0 Å². The van der Waals surface area contributed by atoms with E-state index in [0.29, 0.717) is 11.1 Å². The van der Waals surface area contributed by atoms with Crippen molar-refractivity contribution in [2.45, 2.75) is 37.4 Å². The fourth-order valence-corrected chi connectivity index (χ4v) is 3.42. The first-order chi connectivity index (χ1) is 9.42. The number of halogens is 3. The standard InChI is InChI=1S/C12H15F3N2O2S2/c1-7-5-9(11(16)20)3-4-10(7)21(18,19)17-8(2)6-12(13,14)15/h3-5,8,17H,6H2,1-2H3,(H2,16,20). The zero-order valence-electron chi connectivity index (χ0n) is 11.4. The molecule has 21 heavy (non-hydrogen) atoms. The minimum Gasteiger partial charge on any atom is -0.389 e. The molecule has 1 aromatic carbocycles. The third kappa shape index (κ3) is 5.25. The van der Waals surface area contributed by atoms with Crippen LogP contribution in [0.4, 0.5) is 13.2 Å². The summed E-state index contributed by atoms with van der Waals surface area (Å²) < 4.78 is 62.9. The summed E-state index contributed by atoms with van der Waals surface area (Å²) in [7, 11) is -4.04.